The number of aryl methyl sites for hydroxylation is 1. The number of rotatable bonds is 4. The summed E-state index contributed by atoms with van der Waals surface area (Å²) in [6, 6.07) is 15.5. The Labute approximate surface area is 223 Å². The van der Waals surface area contributed by atoms with E-state index in [4.69, 9.17) is 9.73 Å². The van der Waals surface area contributed by atoms with Crippen LogP contribution in [0.25, 0.3) is 0 Å². The Morgan fingerprint density at radius 2 is 1.86 bits per heavy atom. The SMILES string of the molecule is COc1ccc(CCC2CN(C3=Nc4ccccc4Nc4sc(C(F)(F)F)nc43)CCN2)cc1.Cl.Cl. The summed E-state index contributed by atoms with van der Waals surface area (Å²) in [4.78, 5) is 10.8. The number of thiazole rings is 1. The van der Waals surface area contributed by atoms with Gasteiger partial charge in [-0.05, 0) is 42.7 Å². The van der Waals surface area contributed by atoms with Crippen LogP contribution < -0.4 is 15.4 Å². The van der Waals surface area contributed by atoms with E-state index in [1.165, 1.54) is 5.56 Å². The number of benzene rings is 2. The van der Waals surface area contributed by atoms with Crippen molar-refractivity contribution in [1.29, 1.82) is 0 Å². The van der Waals surface area contributed by atoms with Crippen molar-refractivity contribution in [3.8, 4) is 5.75 Å². The molecule has 12 heteroatoms. The number of fused-ring (bicyclic) bond motifs is 2. The van der Waals surface area contributed by atoms with Gasteiger partial charge in [0.2, 0.25) is 5.01 Å². The van der Waals surface area contributed by atoms with Crippen LogP contribution in [0.5, 0.6) is 5.75 Å². The summed E-state index contributed by atoms with van der Waals surface area (Å²) in [7, 11) is 1.64. The monoisotopic (exact) mass is 559 g/mol. The molecule has 36 heavy (non-hydrogen) atoms. The van der Waals surface area contributed by atoms with E-state index in [1.807, 2.05) is 36.4 Å². The van der Waals surface area contributed by atoms with Gasteiger partial charge in [-0.3, -0.25) is 0 Å². The highest BCUT2D eigenvalue weighted by atomic mass is 35.5. The Kier molecular flexibility index (Phi) is 9.10. The third-order valence-corrected chi connectivity index (χ3v) is 6.97. The maximum atomic E-state index is 13.5. The molecule has 1 saturated heterocycles. The molecule has 3 heterocycles. The maximum Gasteiger partial charge on any atom is 0.443 e. The molecular weight excluding hydrogens is 534 g/mol. The normalized spacial score (nSPS) is 16.8. The maximum absolute atomic E-state index is 13.5. The van der Waals surface area contributed by atoms with Crippen LogP contribution in [-0.4, -0.2) is 48.5 Å². The van der Waals surface area contributed by atoms with Crippen LogP contribution in [0.15, 0.2) is 53.5 Å². The standard InChI is InChI=1S/C24H24F3N5OS.2ClH/c1-33-17-10-7-15(8-11-17)6-9-16-14-32(13-12-28-16)21-20-22(34-23(31-20)24(25,26)27)30-19-5-3-2-4-18(19)29-21;;/h2-5,7-8,10-11,16,28,30H,6,9,12-14H2,1H3;2*1H. The lowest BCUT2D eigenvalue weighted by atomic mass is 10.0. The van der Waals surface area contributed by atoms with Gasteiger partial charge in [0.1, 0.15) is 16.4 Å². The second-order valence-electron chi connectivity index (χ2n) is 8.26. The van der Waals surface area contributed by atoms with Crippen LogP contribution in [-0.2, 0) is 12.6 Å². The van der Waals surface area contributed by atoms with Crippen LogP contribution in [0.3, 0.4) is 0 Å². The second kappa shape index (κ2) is 11.7. The van der Waals surface area contributed by atoms with Crippen LogP contribution in [0, 0.1) is 0 Å². The van der Waals surface area contributed by atoms with E-state index in [1.54, 1.807) is 7.11 Å². The number of methoxy groups -OCH3 is 1. The number of aliphatic imine (C=N–C) groups is 1. The quantitative estimate of drug-likeness (QED) is 0.407. The Hall–Kier alpha value is -2.53. The number of hydrogen-bond donors (Lipinski definition) is 2. The van der Waals surface area contributed by atoms with Crippen LogP contribution in [0.2, 0.25) is 0 Å². The molecule has 0 amide bonds. The number of hydrogen-bond acceptors (Lipinski definition) is 7. The van der Waals surface area contributed by atoms with Gasteiger partial charge in [0.15, 0.2) is 5.84 Å². The van der Waals surface area contributed by atoms with Gasteiger partial charge >= 0.3 is 6.18 Å². The lowest BCUT2D eigenvalue weighted by Crippen LogP contribution is -2.53. The topological polar surface area (TPSA) is 61.8 Å². The van der Waals surface area contributed by atoms with Crippen molar-refractivity contribution in [3.05, 3.63) is 64.8 Å². The van der Waals surface area contributed by atoms with Crippen LogP contribution in [0.1, 0.15) is 22.7 Å². The number of piperazine rings is 1. The van der Waals surface area contributed by atoms with Crippen molar-refractivity contribution in [1.82, 2.24) is 15.2 Å². The molecule has 2 aliphatic heterocycles. The zero-order valence-electron chi connectivity index (χ0n) is 19.3. The third-order valence-electron chi connectivity index (χ3n) is 5.96. The fourth-order valence-corrected chi connectivity index (χ4v) is 5.05. The molecule has 0 bridgehead atoms. The van der Waals surface area contributed by atoms with Crippen LogP contribution in [0.4, 0.5) is 29.5 Å². The molecule has 0 radical (unpaired) electrons. The number of halogens is 5. The molecule has 1 atom stereocenters. The van der Waals surface area contributed by atoms with Crippen molar-refractivity contribution >= 4 is 58.4 Å². The first-order valence-electron chi connectivity index (χ1n) is 11.0. The highest BCUT2D eigenvalue weighted by Gasteiger charge is 2.38. The Morgan fingerprint density at radius 1 is 1.11 bits per heavy atom. The lowest BCUT2D eigenvalue weighted by Gasteiger charge is -2.35. The van der Waals surface area contributed by atoms with Gasteiger partial charge in [0.25, 0.3) is 0 Å². The summed E-state index contributed by atoms with van der Waals surface area (Å²) < 4.78 is 45.6. The molecule has 0 saturated carbocycles. The third kappa shape index (κ3) is 6.05. The van der Waals surface area contributed by atoms with Gasteiger partial charge in [-0.25, -0.2) is 9.98 Å². The molecule has 2 N–H and O–H groups in total. The Morgan fingerprint density at radius 3 is 2.58 bits per heavy atom. The number of amidine groups is 1. The van der Waals surface area contributed by atoms with Crippen molar-refractivity contribution in [2.24, 2.45) is 4.99 Å². The number of anilines is 2. The van der Waals surface area contributed by atoms with Crippen molar-refractivity contribution in [2.75, 3.05) is 32.1 Å². The average molecular weight is 560 g/mol. The second-order valence-corrected chi connectivity index (χ2v) is 9.25. The molecule has 2 aromatic carbocycles. The molecule has 3 aromatic rings. The van der Waals surface area contributed by atoms with E-state index in [2.05, 4.69) is 32.7 Å². The number of para-hydroxylation sites is 2. The van der Waals surface area contributed by atoms with Gasteiger partial charge in [-0.1, -0.05) is 35.6 Å². The predicted octanol–water partition coefficient (Wildman–Crippen LogP) is 6.06. The van der Waals surface area contributed by atoms with E-state index < -0.39 is 11.2 Å². The molecule has 1 aromatic heterocycles. The molecule has 194 valence electrons. The van der Waals surface area contributed by atoms with Crippen molar-refractivity contribution < 1.29 is 17.9 Å². The summed E-state index contributed by atoms with van der Waals surface area (Å²) in [6.45, 7) is 1.99. The van der Waals surface area contributed by atoms with Gasteiger partial charge in [0, 0.05) is 25.7 Å². The molecule has 1 unspecified atom stereocenters. The minimum Gasteiger partial charge on any atom is -0.497 e. The van der Waals surface area contributed by atoms with E-state index in [-0.39, 0.29) is 36.5 Å². The van der Waals surface area contributed by atoms with Crippen molar-refractivity contribution in [3.63, 3.8) is 0 Å². The number of nitrogens with zero attached hydrogens (tertiary/aromatic N) is 3. The fraction of sp³-hybridized carbons (Fsp3) is 0.333. The molecule has 2 aliphatic rings. The smallest absolute Gasteiger partial charge is 0.443 e. The van der Waals surface area contributed by atoms with E-state index in [0.717, 1.165) is 18.6 Å². The van der Waals surface area contributed by atoms with Gasteiger partial charge < -0.3 is 20.3 Å². The van der Waals surface area contributed by atoms with Gasteiger partial charge in [0.05, 0.1) is 18.5 Å². The van der Waals surface area contributed by atoms with Crippen LogP contribution >= 0.6 is 36.2 Å². The summed E-state index contributed by atoms with van der Waals surface area (Å²) in [5.41, 5.74) is 2.82. The molecule has 0 spiro atoms. The predicted molar refractivity (Wildman–Crippen MR) is 142 cm³/mol. The first-order valence-corrected chi connectivity index (χ1v) is 11.9. The minimum atomic E-state index is -4.51. The molecule has 5 rings (SSSR count). The lowest BCUT2D eigenvalue weighted by molar-refractivity contribution is -0.137. The average Bonchev–Trinajstić information content (AvgIpc) is 3.20. The summed E-state index contributed by atoms with van der Waals surface area (Å²) in [6.07, 6.45) is -2.73. The first-order chi connectivity index (χ1) is 16.4. The summed E-state index contributed by atoms with van der Waals surface area (Å²) >= 11 is 0.618. The highest BCUT2D eigenvalue weighted by Crippen LogP contribution is 2.42. The van der Waals surface area contributed by atoms with Gasteiger partial charge in [-0.2, -0.15) is 13.2 Å². The number of alkyl halides is 3. The Bertz CT molecular complexity index is 1200. The minimum absolute atomic E-state index is 0. The summed E-state index contributed by atoms with van der Waals surface area (Å²) in [5.74, 6) is 1.30. The van der Waals surface area contributed by atoms with Crippen molar-refractivity contribution in [2.45, 2.75) is 25.1 Å². The molecular formula is C24H26Cl2F3N5OS. The van der Waals surface area contributed by atoms with E-state index in [9.17, 15) is 13.2 Å². The van der Waals surface area contributed by atoms with Gasteiger partial charge in [-0.15, -0.1) is 24.8 Å². The molecule has 0 aliphatic carbocycles. The molecule has 6 nitrogen and oxygen atoms in total. The first kappa shape index (κ1) is 28.0. The number of nitrogens with one attached hydrogen (secondary N) is 2. The van der Waals surface area contributed by atoms with E-state index in [0.29, 0.717) is 53.2 Å². The Balaban J connectivity index is 0.00000180. The number of aromatic nitrogens is 1. The number of ether oxygens (including phenoxy) is 1. The molecule has 1 fully saturated rings. The van der Waals surface area contributed by atoms with E-state index >= 15 is 0 Å². The highest BCUT2D eigenvalue weighted by molar-refractivity contribution is 7.16. The zero-order chi connectivity index (χ0) is 23.7. The zero-order valence-corrected chi connectivity index (χ0v) is 21.8. The summed E-state index contributed by atoms with van der Waals surface area (Å²) in [5, 5.41) is 6.15. The fourth-order valence-electron chi connectivity index (χ4n) is 4.21. The largest absolute Gasteiger partial charge is 0.497 e.